The number of hydrogen-bond donors (Lipinski definition) is 3. The molecule has 3 aromatic rings. The lowest BCUT2D eigenvalue weighted by atomic mass is 9.95. The first-order valence-electron chi connectivity index (χ1n) is 11.4. The minimum Gasteiger partial charge on any atom is -0.369 e. The number of carbonyl (C=O) groups is 1. The summed E-state index contributed by atoms with van der Waals surface area (Å²) in [6.07, 6.45) is 5.94. The Labute approximate surface area is 195 Å². The molecular weight excluding hydrogens is 435 g/mol. The smallest absolute Gasteiger partial charge is 0.356 e. The van der Waals surface area contributed by atoms with Gasteiger partial charge < -0.3 is 20.1 Å². The highest BCUT2D eigenvalue weighted by atomic mass is 31.2. The molecule has 1 amide bonds. The fourth-order valence-corrected chi connectivity index (χ4v) is 5.28. The lowest BCUT2D eigenvalue weighted by molar-refractivity contribution is -0.117. The first-order valence-corrected chi connectivity index (χ1v) is 13.0. The topological polar surface area (TPSA) is 106 Å². The van der Waals surface area contributed by atoms with Crippen LogP contribution >= 0.6 is 7.60 Å². The van der Waals surface area contributed by atoms with E-state index in [2.05, 4.69) is 23.6 Å². The average molecular weight is 469 g/mol. The number of primary amides is 1. The van der Waals surface area contributed by atoms with Crippen LogP contribution in [0.25, 0.3) is 0 Å². The highest BCUT2D eigenvalue weighted by Crippen LogP contribution is 2.37. The van der Waals surface area contributed by atoms with E-state index in [1.807, 2.05) is 37.4 Å². The Morgan fingerprint density at radius 2 is 1.73 bits per heavy atom. The lowest BCUT2D eigenvalue weighted by Crippen LogP contribution is -2.18. The van der Waals surface area contributed by atoms with Crippen molar-refractivity contribution in [2.45, 2.75) is 58.9 Å². The molecule has 1 heterocycles. The van der Waals surface area contributed by atoms with Crippen LogP contribution in [0.2, 0.25) is 0 Å². The van der Waals surface area contributed by atoms with Crippen LogP contribution in [0.1, 0.15) is 60.2 Å². The van der Waals surface area contributed by atoms with Gasteiger partial charge in [-0.3, -0.25) is 9.36 Å². The number of carbonyl (C=O) groups excluding carboxylic acids is 1. The monoisotopic (exact) mass is 468 g/mol. The minimum absolute atomic E-state index is 0.0535. The van der Waals surface area contributed by atoms with Crippen molar-refractivity contribution in [2.75, 3.05) is 0 Å². The zero-order chi connectivity index (χ0) is 24.0. The summed E-state index contributed by atoms with van der Waals surface area (Å²) in [5.74, 6) is -0.412. The molecule has 2 aromatic carbocycles. The van der Waals surface area contributed by atoms with Gasteiger partial charge in [0.05, 0.1) is 11.7 Å². The molecule has 0 spiro atoms. The van der Waals surface area contributed by atoms with Gasteiger partial charge in [-0.15, -0.1) is 0 Å². The number of nitrogens with two attached hydrogens (primary N) is 1. The molecule has 0 aliphatic rings. The molecule has 6 nitrogen and oxygen atoms in total. The molecule has 0 aliphatic carbocycles. The highest BCUT2D eigenvalue weighted by molar-refractivity contribution is 7.60. The Kier molecular flexibility index (Phi) is 8.30. The number of amides is 1. The molecule has 176 valence electrons. The standard InChI is InChI=1S/C26H33N2O4P/c1-3-5-13-24-22(16-26(27)29)21(18-28(24)17-19-10-7-6-8-11-19)15-23-20(4-2)12-9-14-25(23)33(30,31)32/h6-12,14,18H,3-5,13,15-17H2,1-2H3,(H2,27,29)(H2,30,31,32). The second kappa shape index (κ2) is 11.0. The Hall–Kier alpha value is -2.66. The van der Waals surface area contributed by atoms with Crippen molar-refractivity contribution in [1.82, 2.24) is 4.57 Å². The molecule has 33 heavy (non-hydrogen) atoms. The molecule has 0 aliphatic heterocycles. The maximum atomic E-state index is 12.2. The summed E-state index contributed by atoms with van der Waals surface area (Å²) in [6.45, 7) is 4.76. The minimum atomic E-state index is -4.45. The normalized spacial score (nSPS) is 11.6. The van der Waals surface area contributed by atoms with E-state index in [9.17, 15) is 19.1 Å². The molecular formula is C26H33N2O4P. The van der Waals surface area contributed by atoms with Gasteiger partial charge in [0.1, 0.15) is 0 Å². The van der Waals surface area contributed by atoms with Crippen LogP contribution in [0, 0.1) is 0 Å². The fourth-order valence-electron chi connectivity index (χ4n) is 4.42. The molecule has 4 N–H and O–H groups in total. The Morgan fingerprint density at radius 3 is 2.33 bits per heavy atom. The Bertz CT molecular complexity index is 1150. The molecule has 0 bridgehead atoms. The van der Waals surface area contributed by atoms with E-state index >= 15 is 0 Å². The third kappa shape index (κ3) is 6.23. The van der Waals surface area contributed by atoms with E-state index in [1.165, 1.54) is 6.07 Å². The van der Waals surface area contributed by atoms with E-state index in [1.54, 1.807) is 6.07 Å². The zero-order valence-electron chi connectivity index (χ0n) is 19.3. The molecule has 0 saturated heterocycles. The van der Waals surface area contributed by atoms with Gasteiger partial charge >= 0.3 is 7.60 Å². The largest absolute Gasteiger partial charge is 0.369 e. The first kappa shape index (κ1) is 25.0. The van der Waals surface area contributed by atoms with Gasteiger partial charge in [0.15, 0.2) is 0 Å². The molecule has 0 radical (unpaired) electrons. The highest BCUT2D eigenvalue weighted by Gasteiger charge is 2.25. The van der Waals surface area contributed by atoms with E-state index < -0.39 is 13.5 Å². The van der Waals surface area contributed by atoms with Crippen molar-refractivity contribution in [2.24, 2.45) is 5.73 Å². The first-order chi connectivity index (χ1) is 15.7. The summed E-state index contributed by atoms with van der Waals surface area (Å²) in [5.41, 5.74) is 11.2. The van der Waals surface area contributed by atoms with Gasteiger partial charge in [0.2, 0.25) is 5.91 Å². The van der Waals surface area contributed by atoms with Crippen molar-refractivity contribution in [3.63, 3.8) is 0 Å². The molecule has 0 fully saturated rings. The third-order valence-corrected chi connectivity index (χ3v) is 7.07. The van der Waals surface area contributed by atoms with Gasteiger partial charge in [0.25, 0.3) is 0 Å². The number of aryl methyl sites for hydroxylation is 1. The van der Waals surface area contributed by atoms with E-state index in [0.717, 1.165) is 47.2 Å². The Balaban J connectivity index is 2.15. The van der Waals surface area contributed by atoms with Gasteiger partial charge in [-0.25, -0.2) is 0 Å². The number of unbranched alkanes of at least 4 members (excludes halogenated alkanes) is 1. The van der Waals surface area contributed by atoms with Crippen LogP contribution in [-0.2, 0) is 41.6 Å². The summed E-state index contributed by atoms with van der Waals surface area (Å²) in [5, 5.41) is 0.0535. The van der Waals surface area contributed by atoms with Crippen molar-refractivity contribution in [3.8, 4) is 0 Å². The van der Waals surface area contributed by atoms with Crippen LogP contribution in [0.4, 0.5) is 0 Å². The number of hydrogen-bond acceptors (Lipinski definition) is 2. The van der Waals surface area contributed by atoms with Crippen molar-refractivity contribution in [3.05, 3.63) is 88.2 Å². The van der Waals surface area contributed by atoms with E-state index in [-0.39, 0.29) is 11.7 Å². The summed E-state index contributed by atoms with van der Waals surface area (Å²) in [4.78, 5) is 32.0. The van der Waals surface area contributed by atoms with Crippen molar-refractivity contribution in [1.29, 1.82) is 0 Å². The maximum absolute atomic E-state index is 12.2. The zero-order valence-corrected chi connectivity index (χ0v) is 20.2. The van der Waals surface area contributed by atoms with Gasteiger partial charge in [-0.1, -0.05) is 62.7 Å². The number of aromatic nitrogens is 1. The summed E-state index contributed by atoms with van der Waals surface area (Å²) in [7, 11) is -4.45. The van der Waals surface area contributed by atoms with Crippen molar-refractivity contribution >= 4 is 18.8 Å². The fraction of sp³-hybridized carbons (Fsp3) is 0.346. The molecule has 1 aromatic heterocycles. The van der Waals surface area contributed by atoms with Crippen LogP contribution in [-0.4, -0.2) is 20.3 Å². The maximum Gasteiger partial charge on any atom is 0.356 e. The van der Waals surface area contributed by atoms with E-state index in [4.69, 9.17) is 5.73 Å². The molecule has 7 heteroatoms. The molecule has 0 unspecified atom stereocenters. The van der Waals surface area contributed by atoms with Crippen LogP contribution < -0.4 is 11.0 Å². The lowest BCUT2D eigenvalue weighted by Gasteiger charge is -2.15. The van der Waals surface area contributed by atoms with Crippen LogP contribution in [0.3, 0.4) is 0 Å². The van der Waals surface area contributed by atoms with Crippen LogP contribution in [0.15, 0.2) is 54.7 Å². The second-order valence-corrected chi connectivity index (χ2v) is 10.00. The number of rotatable bonds is 11. The predicted molar refractivity (Wildman–Crippen MR) is 132 cm³/mol. The average Bonchev–Trinajstić information content (AvgIpc) is 3.07. The third-order valence-electron chi connectivity index (χ3n) is 6.02. The van der Waals surface area contributed by atoms with Gasteiger partial charge in [-0.05, 0) is 53.1 Å². The summed E-state index contributed by atoms with van der Waals surface area (Å²) >= 11 is 0. The van der Waals surface area contributed by atoms with E-state index in [0.29, 0.717) is 24.9 Å². The quantitative estimate of drug-likeness (QED) is 0.372. The summed E-state index contributed by atoms with van der Waals surface area (Å²) in [6, 6.07) is 15.2. The molecule has 3 rings (SSSR count). The Morgan fingerprint density at radius 1 is 1.00 bits per heavy atom. The number of benzene rings is 2. The molecule has 0 atom stereocenters. The van der Waals surface area contributed by atoms with Crippen molar-refractivity contribution < 1.29 is 19.1 Å². The van der Waals surface area contributed by atoms with Gasteiger partial charge in [0, 0.05) is 24.9 Å². The van der Waals surface area contributed by atoms with Gasteiger partial charge in [-0.2, -0.15) is 0 Å². The molecule has 0 saturated carbocycles. The van der Waals surface area contributed by atoms with Crippen LogP contribution in [0.5, 0.6) is 0 Å². The predicted octanol–water partition coefficient (Wildman–Crippen LogP) is 3.86. The summed E-state index contributed by atoms with van der Waals surface area (Å²) < 4.78 is 14.4. The SMILES string of the molecule is CCCCc1c(CC(N)=O)c(Cc2c(CC)cccc2P(=O)(O)O)cn1Cc1ccccc1. The second-order valence-electron chi connectivity index (χ2n) is 8.43. The number of nitrogens with zero attached hydrogens (tertiary/aromatic N) is 1.